The first-order chi connectivity index (χ1) is 16.7. The van der Waals surface area contributed by atoms with Gasteiger partial charge < -0.3 is 30.3 Å². The van der Waals surface area contributed by atoms with Crippen molar-refractivity contribution in [3.8, 4) is 0 Å². The first-order valence-corrected chi connectivity index (χ1v) is 11.7. The first-order valence-electron chi connectivity index (χ1n) is 11.7. The van der Waals surface area contributed by atoms with Gasteiger partial charge in [-0.1, -0.05) is 36.5 Å². The maximum absolute atomic E-state index is 14.1. The predicted octanol–water partition coefficient (Wildman–Crippen LogP) is 4.11. The van der Waals surface area contributed by atoms with Crippen LogP contribution in [0.2, 0.25) is 0 Å². The number of carbonyl (C=O) groups is 2. The molecule has 3 rings (SSSR count). The molecule has 0 unspecified atom stereocenters. The van der Waals surface area contributed by atoms with E-state index in [9.17, 15) is 35.1 Å². The standard InChI is InChI=1S/C28H34O8/c1-7-9-11-13-18(29)17-15-25(4,34)28(35)26(5,24(17)33)22-20(19(30)14-12-10-8-2)21(31)16(3)23(32)27(22,6)36-28/h7-14,22,29-31,34-35H,15H2,1-6H3/b9-7+,10-8+,13-11+,14-12+,18-17-,20-19+/t22-,25+,26-,27+,28+/m1/s1. The average Bonchev–Trinajstić information content (AvgIpc) is 3.01. The number of hydrogen-bond acceptors (Lipinski definition) is 8. The Morgan fingerprint density at radius 1 is 0.917 bits per heavy atom. The molecule has 1 aliphatic heterocycles. The minimum atomic E-state index is -2.60. The average molecular weight is 499 g/mol. The van der Waals surface area contributed by atoms with Gasteiger partial charge in [-0.2, -0.15) is 0 Å². The van der Waals surface area contributed by atoms with E-state index < -0.39 is 63.6 Å². The van der Waals surface area contributed by atoms with E-state index in [1.165, 1.54) is 52.0 Å². The van der Waals surface area contributed by atoms with Gasteiger partial charge >= 0.3 is 0 Å². The highest BCUT2D eigenvalue weighted by Gasteiger charge is 2.81. The highest BCUT2D eigenvalue weighted by atomic mass is 16.7. The molecule has 2 aliphatic carbocycles. The van der Waals surface area contributed by atoms with Crippen LogP contribution in [-0.4, -0.2) is 54.1 Å². The Labute approximate surface area is 210 Å². The van der Waals surface area contributed by atoms with E-state index in [1.807, 2.05) is 0 Å². The molecule has 0 amide bonds. The van der Waals surface area contributed by atoms with Gasteiger partial charge in [0.25, 0.3) is 0 Å². The van der Waals surface area contributed by atoms with Crippen molar-refractivity contribution in [2.45, 2.75) is 65.0 Å². The van der Waals surface area contributed by atoms with Crippen molar-refractivity contribution < 1.29 is 39.9 Å². The zero-order chi connectivity index (χ0) is 27.3. The van der Waals surface area contributed by atoms with Crippen LogP contribution in [0.15, 0.2) is 82.6 Å². The van der Waals surface area contributed by atoms with Crippen molar-refractivity contribution in [3.05, 3.63) is 82.6 Å². The summed E-state index contributed by atoms with van der Waals surface area (Å²) in [4.78, 5) is 27.5. The molecule has 5 atom stereocenters. The lowest BCUT2D eigenvalue weighted by molar-refractivity contribution is -0.326. The number of rotatable bonds is 4. The summed E-state index contributed by atoms with van der Waals surface area (Å²) in [5.74, 6) is -6.90. The van der Waals surface area contributed by atoms with Crippen LogP contribution in [0.25, 0.3) is 0 Å². The lowest BCUT2D eigenvalue weighted by atomic mass is 9.52. The molecule has 8 heteroatoms. The number of aliphatic hydroxyl groups is 5. The third kappa shape index (κ3) is 3.55. The number of ether oxygens (including phenoxy) is 1. The summed E-state index contributed by atoms with van der Waals surface area (Å²) in [5.41, 5.74) is -6.64. The first kappa shape index (κ1) is 27.4. The van der Waals surface area contributed by atoms with Gasteiger partial charge in [-0.15, -0.1) is 0 Å². The Balaban J connectivity index is 2.41. The minimum absolute atomic E-state index is 0.124. The van der Waals surface area contributed by atoms with Crippen molar-refractivity contribution in [1.82, 2.24) is 0 Å². The molecule has 36 heavy (non-hydrogen) atoms. The van der Waals surface area contributed by atoms with Gasteiger partial charge in [-0.25, -0.2) is 0 Å². The van der Waals surface area contributed by atoms with Crippen molar-refractivity contribution in [3.63, 3.8) is 0 Å². The maximum atomic E-state index is 14.1. The second-order valence-corrected chi connectivity index (χ2v) is 10.0. The number of hydrogen-bond donors (Lipinski definition) is 5. The molecule has 8 nitrogen and oxygen atoms in total. The zero-order valence-electron chi connectivity index (χ0n) is 21.4. The van der Waals surface area contributed by atoms with Gasteiger partial charge in [0, 0.05) is 29.1 Å². The van der Waals surface area contributed by atoms with Crippen LogP contribution in [0.1, 0.15) is 48.0 Å². The second-order valence-electron chi connectivity index (χ2n) is 10.0. The Hall–Kier alpha value is -3.20. The lowest BCUT2D eigenvalue weighted by Crippen LogP contribution is -2.68. The largest absolute Gasteiger partial charge is 0.508 e. The van der Waals surface area contributed by atoms with Crippen molar-refractivity contribution in [2.24, 2.45) is 11.3 Å². The summed E-state index contributed by atoms with van der Waals surface area (Å²) >= 11 is 0. The quantitative estimate of drug-likeness (QED) is 0.221. The summed E-state index contributed by atoms with van der Waals surface area (Å²) in [5, 5.41) is 56.1. The molecule has 1 heterocycles. The fourth-order valence-corrected chi connectivity index (χ4v) is 5.77. The van der Waals surface area contributed by atoms with Gasteiger partial charge in [0.1, 0.15) is 28.5 Å². The van der Waals surface area contributed by atoms with E-state index >= 15 is 0 Å². The fourth-order valence-electron chi connectivity index (χ4n) is 5.77. The van der Waals surface area contributed by atoms with E-state index in [2.05, 4.69) is 0 Å². The van der Waals surface area contributed by atoms with Crippen LogP contribution in [0, 0.1) is 11.3 Å². The Kier molecular flexibility index (Phi) is 6.87. The van der Waals surface area contributed by atoms with Gasteiger partial charge in [0.2, 0.25) is 5.79 Å². The van der Waals surface area contributed by atoms with Crippen molar-refractivity contribution in [2.75, 3.05) is 0 Å². The second kappa shape index (κ2) is 9.03. The molecule has 5 N–H and O–H groups in total. The smallest absolute Gasteiger partial charge is 0.209 e. The van der Waals surface area contributed by atoms with Gasteiger partial charge in [-0.05, 0) is 53.7 Å². The number of allylic oxidation sites excluding steroid dienone is 9. The van der Waals surface area contributed by atoms with Gasteiger partial charge in [0.15, 0.2) is 11.6 Å². The maximum Gasteiger partial charge on any atom is 0.209 e. The molecular formula is C28H34O8. The molecule has 0 spiro atoms. The van der Waals surface area contributed by atoms with Crippen LogP contribution < -0.4 is 0 Å². The molecule has 2 fully saturated rings. The third-order valence-corrected chi connectivity index (χ3v) is 7.58. The molecule has 1 saturated heterocycles. The molecule has 3 aliphatic rings. The lowest BCUT2D eigenvalue weighted by Gasteiger charge is -2.51. The minimum Gasteiger partial charge on any atom is -0.508 e. The van der Waals surface area contributed by atoms with E-state index in [1.54, 1.807) is 38.2 Å². The van der Waals surface area contributed by atoms with Crippen LogP contribution in [-0.2, 0) is 14.3 Å². The number of ketones is 2. The summed E-state index contributed by atoms with van der Waals surface area (Å²) in [6, 6.07) is 0. The molecule has 0 aromatic rings. The van der Waals surface area contributed by atoms with Crippen molar-refractivity contribution in [1.29, 1.82) is 0 Å². The molecule has 1 saturated carbocycles. The highest BCUT2D eigenvalue weighted by Crippen LogP contribution is 2.67. The van der Waals surface area contributed by atoms with Crippen LogP contribution in [0.4, 0.5) is 0 Å². The number of fused-ring (bicyclic) bond motifs is 3. The molecule has 194 valence electrons. The Morgan fingerprint density at radius 2 is 1.44 bits per heavy atom. The van der Waals surface area contributed by atoms with E-state index in [4.69, 9.17) is 4.74 Å². The van der Waals surface area contributed by atoms with Crippen LogP contribution in [0.5, 0.6) is 0 Å². The van der Waals surface area contributed by atoms with Gasteiger partial charge in [0.05, 0.1) is 5.41 Å². The monoisotopic (exact) mass is 498 g/mol. The fraction of sp³-hybridized carbons (Fsp3) is 0.429. The Bertz CT molecular complexity index is 1210. The molecular weight excluding hydrogens is 464 g/mol. The molecule has 0 aromatic carbocycles. The van der Waals surface area contributed by atoms with E-state index in [-0.39, 0.29) is 16.7 Å². The van der Waals surface area contributed by atoms with Gasteiger partial charge in [-0.3, -0.25) is 9.59 Å². The van der Waals surface area contributed by atoms with Crippen molar-refractivity contribution >= 4 is 11.6 Å². The van der Waals surface area contributed by atoms with E-state index in [0.717, 1.165) is 0 Å². The number of Topliss-reactive ketones (excluding diaryl/α,β-unsaturated/α-hetero) is 2. The predicted molar refractivity (Wildman–Crippen MR) is 134 cm³/mol. The highest BCUT2D eigenvalue weighted by molar-refractivity contribution is 6.09. The summed E-state index contributed by atoms with van der Waals surface area (Å²) in [7, 11) is 0. The summed E-state index contributed by atoms with van der Waals surface area (Å²) < 4.78 is 5.97. The zero-order valence-corrected chi connectivity index (χ0v) is 21.4. The number of aliphatic hydroxyl groups excluding tert-OH is 3. The van der Waals surface area contributed by atoms with Crippen LogP contribution >= 0.6 is 0 Å². The van der Waals surface area contributed by atoms with Crippen LogP contribution in [0.3, 0.4) is 0 Å². The Morgan fingerprint density at radius 3 is 1.97 bits per heavy atom. The number of carbonyl (C=O) groups excluding carboxylic acids is 2. The molecule has 0 bridgehead atoms. The normalized spacial score (nSPS) is 40.2. The molecule has 0 aromatic heterocycles. The summed E-state index contributed by atoms with van der Waals surface area (Å²) in [6.45, 7) is 8.82. The molecule has 0 radical (unpaired) electrons. The topological polar surface area (TPSA) is 145 Å². The summed E-state index contributed by atoms with van der Waals surface area (Å²) in [6.07, 6.45) is 11.8. The van der Waals surface area contributed by atoms with E-state index in [0.29, 0.717) is 0 Å². The SMILES string of the molecule is C/C=C/C=C/C(O)=C1\C[C@](C)(O)[C@]2(O)O[C@]3(C)C(=O)C(C)=C(O)/C(=C(O)/C=C/C=C/C)[C@@H]3[C@]2(C)C1=O. The third-order valence-electron chi connectivity index (χ3n) is 7.58.